The second-order valence-corrected chi connectivity index (χ2v) is 12.5. The first-order valence-corrected chi connectivity index (χ1v) is 15.5. The Morgan fingerprint density at radius 1 is 0.930 bits per heavy atom. The van der Waals surface area contributed by atoms with Gasteiger partial charge in [0.2, 0.25) is 0 Å². The van der Waals surface area contributed by atoms with Gasteiger partial charge in [-0.3, -0.25) is 9.91 Å². The average molecular weight is 568 g/mol. The number of piperidine rings is 1. The Kier molecular flexibility index (Phi) is 6.57. The summed E-state index contributed by atoms with van der Waals surface area (Å²) in [6, 6.07) is 24.7. The van der Waals surface area contributed by atoms with Gasteiger partial charge in [-0.1, -0.05) is 48.5 Å². The topological polar surface area (TPSA) is 86.4 Å². The van der Waals surface area contributed by atoms with Crippen molar-refractivity contribution in [3.05, 3.63) is 101 Å². The number of hydrazone groups is 1. The summed E-state index contributed by atoms with van der Waals surface area (Å²) in [6.45, 7) is 6.05. The lowest BCUT2D eigenvalue weighted by atomic mass is 9.99. The van der Waals surface area contributed by atoms with Crippen molar-refractivity contribution in [3.8, 4) is 22.5 Å². The Bertz CT molecular complexity index is 1830. The molecule has 0 radical (unpaired) electrons. The number of benzene rings is 3. The molecule has 3 aromatic carbocycles. The summed E-state index contributed by atoms with van der Waals surface area (Å²) < 4.78 is 0. The van der Waals surface area contributed by atoms with Crippen molar-refractivity contribution >= 4 is 22.9 Å². The molecule has 0 unspecified atom stereocenters. The zero-order chi connectivity index (χ0) is 28.9. The van der Waals surface area contributed by atoms with Crippen LogP contribution < -0.4 is 10.7 Å². The number of aromatic nitrogens is 3. The van der Waals surface area contributed by atoms with Gasteiger partial charge in [0.15, 0.2) is 0 Å². The third kappa shape index (κ3) is 5.13. The number of fused-ring (bicyclic) bond motifs is 2. The minimum absolute atomic E-state index is 0.357. The van der Waals surface area contributed by atoms with Crippen molar-refractivity contribution in [2.45, 2.75) is 57.7 Å². The first-order chi connectivity index (χ1) is 21.1. The van der Waals surface area contributed by atoms with Gasteiger partial charge in [0.05, 0.1) is 24.1 Å². The van der Waals surface area contributed by atoms with E-state index in [2.05, 4.69) is 93.5 Å². The normalized spacial score (nSPS) is 17.5. The maximum Gasteiger partial charge on any atom is 0.141 e. The molecule has 8 rings (SSSR count). The number of likely N-dealkylation sites (tertiary alicyclic amines) is 1. The van der Waals surface area contributed by atoms with Crippen molar-refractivity contribution in [3.63, 3.8) is 0 Å². The van der Waals surface area contributed by atoms with E-state index in [4.69, 9.17) is 15.8 Å². The van der Waals surface area contributed by atoms with Crippen LogP contribution in [0.1, 0.15) is 59.4 Å². The molecular formula is C36H37N7. The third-order valence-corrected chi connectivity index (χ3v) is 9.44. The first-order valence-electron chi connectivity index (χ1n) is 15.5. The number of hydrogen-bond acceptors (Lipinski definition) is 6. The van der Waals surface area contributed by atoms with Gasteiger partial charge in [-0.15, -0.1) is 0 Å². The largest absolute Gasteiger partial charge is 0.339 e. The number of aromatic amines is 1. The van der Waals surface area contributed by atoms with Crippen LogP contribution in [-0.2, 0) is 13.1 Å². The predicted octanol–water partition coefficient (Wildman–Crippen LogP) is 6.75. The standard InChI is InChI=1S/C36H37N7/c1-23-31(3-2-4-34(23)43-21-28-12-11-27(25-9-10-25)17-29(28)19-40-43)35-32-18-33(41-36(32)39-22-38-35)26-7-5-24(6-8-26)20-42-15-13-30(37)14-16-42/h2-8,11-12,17-19,22,25,30H,9-10,13-16,20-21,37H2,1H3,(H,38,39,41). The summed E-state index contributed by atoms with van der Waals surface area (Å²) in [5, 5.41) is 8.00. The van der Waals surface area contributed by atoms with Gasteiger partial charge in [-0.05, 0) is 103 Å². The number of anilines is 1. The number of nitrogens with two attached hydrogens (primary N) is 1. The lowest BCUT2D eigenvalue weighted by Crippen LogP contribution is -2.39. The zero-order valence-electron chi connectivity index (χ0n) is 24.6. The number of hydrogen-bond donors (Lipinski definition) is 2. The summed E-state index contributed by atoms with van der Waals surface area (Å²) in [5.41, 5.74) is 18.7. The fraction of sp³-hybridized carbons (Fsp3) is 0.306. The molecule has 0 atom stereocenters. The molecular weight excluding hydrogens is 530 g/mol. The number of nitrogens with one attached hydrogen (secondary N) is 1. The second kappa shape index (κ2) is 10.7. The van der Waals surface area contributed by atoms with Crippen LogP contribution in [0.2, 0.25) is 0 Å². The Labute approximate surface area is 252 Å². The van der Waals surface area contributed by atoms with Gasteiger partial charge in [0.1, 0.15) is 12.0 Å². The van der Waals surface area contributed by atoms with E-state index >= 15 is 0 Å². The van der Waals surface area contributed by atoms with Gasteiger partial charge in [0.25, 0.3) is 0 Å². The third-order valence-electron chi connectivity index (χ3n) is 9.44. The second-order valence-electron chi connectivity index (χ2n) is 12.5. The summed E-state index contributed by atoms with van der Waals surface area (Å²) in [5.74, 6) is 0.749. The number of rotatable bonds is 6. The minimum Gasteiger partial charge on any atom is -0.339 e. The summed E-state index contributed by atoms with van der Waals surface area (Å²) in [6.07, 6.45) is 8.47. The number of H-pyrrole nitrogens is 1. The molecule has 0 bridgehead atoms. The Morgan fingerprint density at radius 3 is 2.58 bits per heavy atom. The summed E-state index contributed by atoms with van der Waals surface area (Å²) in [7, 11) is 0. The molecule has 1 aliphatic carbocycles. The summed E-state index contributed by atoms with van der Waals surface area (Å²) in [4.78, 5) is 15.4. The van der Waals surface area contributed by atoms with Gasteiger partial charge in [0, 0.05) is 29.2 Å². The molecule has 0 amide bonds. The van der Waals surface area contributed by atoms with Crippen LogP contribution in [-0.4, -0.2) is 45.2 Å². The number of nitrogens with zero attached hydrogens (tertiary/aromatic N) is 5. The van der Waals surface area contributed by atoms with E-state index in [1.54, 1.807) is 6.33 Å². The highest BCUT2D eigenvalue weighted by Crippen LogP contribution is 2.41. The highest BCUT2D eigenvalue weighted by molar-refractivity contribution is 5.96. The lowest BCUT2D eigenvalue weighted by Gasteiger charge is -2.30. The van der Waals surface area contributed by atoms with Crippen molar-refractivity contribution in [2.75, 3.05) is 18.1 Å². The summed E-state index contributed by atoms with van der Waals surface area (Å²) >= 11 is 0. The maximum atomic E-state index is 6.09. The molecule has 1 saturated heterocycles. The van der Waals surface area contributed by atoms with Gasteiger partial charge in [-0.2, -0.15) is 5.10 Å². The molecule has 3 aliphatic rings. The van der Waals surface area contributed by atoms with Crippen LogP contribution in [0.5, 0.6) is 0 Å². The molecule has 216 valence electrons. The van der Waals surface area contributed by atoms with Gasteiger partial charge >= 0.3 is 0 Å². The quantitative estimate of drug-likeness (QED) is 0.237. The fourth-order valence-electron chi connectivity index (χ4n) is 6.66. The van der Waals surface area contributed by atoms with Gasteiger partial charge in [-0.25, -0.2) is 9.97 Å². The molecule has 3 N–H and O–H groups in total. The Hall–Kier alpha value is -4.33. The van der Waals surface area contributed by atoms with E-state index in [0.717, 1.165) is 89.7 Å². The smallest absolute Gasteiger partial charge is 0.141 e. The van der Waals surface area contributed by atoms with Crippen molar-refractivity contribution in [2.24, 2.45) is 10.8 Å². The van der Waals surface area contributed by atoms with E-state index in [-0.39, 0.29) is 0 Å². The highest BCUT2D eigenvalue weighted by atomic mass is 15.5. The van der Waals surface area contributed by atoms with Crippen molar-refractivity contribution < 1.29 is 0 Å². The predicted molar refractivity (Wildman–Crippen MR) is 174 cm³/mol. The molecule has 7 heteroatoms. The van der Waals surface area contributed by atoms with Crippen molar-refractivity contribution in [1.82, 2.24) is 19.9 Å². The van der Waals surface area contributed by atoms with Crippen LogP contribution in [0.15, 0.2) is 78.2 Å². The van der Waals surface area contributed by atoms with E-state index in [0.29, 0.717) is 6.04 Å². The first kappa shape index (κ1) is 26.3. The molecule has 4 heterocycles. The van der Waals surface area contributed by atoms with Crippen LogP contribution in [0.25, 0.3) is 33.5 Å². The molecule has 2 aromatic heterocycles. The van der Waals surface area contributed by atoms with Crippen LogP contribution in [0.3, 0.4) is 0 Å². The van der Waals surface area contributed by atoms with Crippen molar-refractivity contribution in [1.29, 1.82) is 0 Å². The molecule has 2 aliphatic heterocycles. The SMILES string of the molecule is Cc1c(-c2ncnc3[nH]c(-c4ccc(CN5CCC(N)CC5)cc4)cc23)cccc1N1Cc2ccc(C3CC3)cc2C=N1. The van der Waals surface area contributed by atoms with E-state index in [9.17, 15) is 0 Å². The Morgan fingerprint density at radius 2 is 1.77 bits per heavy atom. The van der Waals surface area contributed by atoms with E-state index in [1.807, 2.05) is 6.21 Å². The molecule has 0 spiro atoms. The zero-order valence-corrected chi connectivity index (χ0v) is 24.6. The highest BCUT2D eigenvalue weighted by Gasteiger charge is 2.25. The lowest BCUT2D eigenvalue weighted by molar-refractivity contribution is 0.205. The van der Waals surface area contributed by atoms with Crippen LogP contribution in [0, 0.1) is 6.92 Å². The fourth-order valence-corrected chi connectivity index (χ4v) is 6.66. The molecule has 5 aromatic rings. The molecule has 43 heavy (non-hydrogen) atoms. The van der Waals surface area contributed by atoms with E-state index < -0.39 is 0 Å². The van der Waals surface area contributed by atoms with Gasteiger partial charge < -0.3 is 10.7 Å². The van der Waals surface area contributed by atoms with Crippen LogP contribution >= 0.6 is 0 Å². The molecule has 1 saturated carbocycles. The Balaban J connectivity index is 1.06. The molecule has 7 nitrogen and oxygen atoms in total. The van der Waals surface area contributed by atoms with E-state index in [1.165, 1.54) is 35.1 Å². The monoisotopic (exact) mass is 567 g/mol. The molecule has 2 fully saturated rings. The average Bonchev–Trinajstić information content (AvgIpc) is 3.80. The minimum atomic E-state index is 0.357. The maximum absolute atomic E-state index is 6.09. The van der Waals surface area contributed by atoms with Crippen LogP contribution in [0.4, 0.5) is 5.69 Å².